The van der Waals surface area contributed by atoms with Crippen molar-refractivity contribution >= 4 is 39.8 Å². The van der Waals surface area contributed by atoms with Gasteiger partial charge in [0.2, 0.25) is 0 Å². The number of hydrogen-bond acceptors (Lipinski definition) is 5. The van der Waals surface area contributed by atoms with Crippen molar-refractivity contribution < 1.29 is 23.5 Å². The molecule has 1 aliphatic rings. The van der Waals surface area contributed by atoms with E-state index in [1.54, 1.807) is 30.3 Å². The molecule has 4 aromatic rings. The average molecular weight is 528 g/mol. The number of rotatable bonds is 8. The zero-order valence-electron chi connectivity index (χ0n) is 21.1. The van der Waals surface area contributed by atoms with Gasteiger partial charge in [-0.2, -0.15) is 0 Å². The second kappa shape index (κ2) is 11.1. The molecule has 4 aromatic carbocycles. The maximum atomic E-state index is 14.2. The van der Waals surface area contributed by atoms with Crippen LogP contribution in [-0.4, -0.2) is 29.2 Å². The Morgan fingerprint density at radius 2 is 1.68 bits per heavy atom. The van der Waals surface area contributed by atoms with Gasteiger partial charge in [-0.3, -0.25) is 14.5 Å². The Balaban J connectivity index is 1.38. The van der Waals surface area contributed by atoms with E-state index < -0.39 is 0 Å². The summed E-state index contributed by atoms with van der Waals surface area (Å²) in [7, 11) is 0. The number of hydrogen-bond donors (Lipinski definition) is 0. The van der Waals surface area contributed by atoms with Gasteiger partial charge in [0.25, 0.3) is 11.1 Å². The number of carbonyl (C=O) groups excluding carboxylic acids is 2. The first-order chi connectivity index (χ1) is 18.4. The van der Waals surface area contributed by atoms with Crippen LogP contribution in [0, 0.1) is 19.7 Å². The van der Waals surface area contributed by atoms with Crippen LogP contribution in [0.1, 0.15) is 22.3 Å². The van der Waals surface area contributed by atoms with E-state index in [1.807, 2.05) is 62.4 Å². The molecule has 1 fully saturated rings. The van der Waals surface area contributed by atoms with E-state index in [4.69, 9.17) is 9.47 Å². The van der Waals surface area contributed by atoms with Crippen molar-refractivity contribution in [2.75, 3.05) is 13.2 Å². The first-order valence-corrected chi connectivity index (χ1v) is 13.1. The Hall–Kier alpha value is -4.10. The van der Waals surface area contributed by atoms with Crippen molar-refractivity contribution in [1.29, 1.82) is 0 Å². The fraction of sp³-hybridized carbons (Fsp3) is 0.161. The molecule has 0 aromatic heterocycles. The van der Waals surface area contributed by atoms with Gasteiger partial charge in [-0.1, -0.05) is 60.7 Å². The fourth-order valence-electron chi connectivity index (χ4n) is 4.25. The SMILES string of the molecule is Cc1ccc(C)c(OCCN2C(=O)S/C(=C\c3c(OCc4ccccc4F)ccc4ccccc34)C2=O)c1. The van der Waals surface area contributed by atoms with Crippen molar-refractivity contribution in [1.82, 2.24) is 4.90 Å². The summed E-state index contributed by atoms with van der Waals surface area (Å²) in [5, 5.41) is 1.47. The van der Waals surface area contributed by atoms with Gasteiger partial charge < -0.3 is 9.47 Å². The second-order valence-corrected chi connectivity index (χ2v) is 10.0. The molecule has 1 heterocycles. The number of amides is 2. The third kappa shape index (κ3) is 5.43. The molecule has 0 aliphatic carbocycles. The molecule has 5 rings (SSSR count). The van der Waals surface area contributed by atoms with Gasteiger partial charge in [0, 0.05) is 11.1 Å². The van der Waals surface area contributed by atoms with E-state index in [0.717, 1.165) is 39.4 Å². The van der Waals surface area contributed by atoms with Gasteiger partial charge in [0.15, 0.2) is 0 Å². The Kier molecular flexibility index (Phi) is 7.47. The Morgan fingerprint density at radius 3 is 2.53 bits per heavy atom. The van der Waals surface area contributed by atoms with E-state index in [2.05, 4.69) is 0 Å². The molecule has 1 aliphatic heterocycles. The maximum absolute atomic E-state index is 14.2. The fourth-order valence-corrected chi connectivity index (χ4v) is 5.10. The van der Waals surface area contributed by atoms with Gasteiger partial charge in [-0.05, 0) is 71.8 Å². The van der Waals surface area contributed by atoms with Gasteiger partial charge in [-0.25, -0.2) is 4.39 Å². The molecule has 0 radical (unpaired) electrons. The molecule has 0 spiro atoms. The molecule has 0 saturated carbocycles. The molecule has 38 heavy (non-hydrogen) atoms. The summed E-state index contributed by atoms with van der Waals surface area (Å²) in [4.78, 5) is 27.5. The van der Waals surface area contributed by atoms with Crippen molar-refractivity contribution in [3.8, 4) is 11.5 Å². The van der Waals surface area contributed by atoms with Crippen LogP contribution < -0.4 is 9.47 Å². The topological polar surface area (TPSA) is 55.8 Å². The van der Waals surface area contributed by atoms with Crippen molar-refractivity contribution in [3.63, 3.8) is 0 Å². The third-order valence-electron chi connectivity index (χ3n) is 6.34. The van der Waals surface area contributed by atoms with Gasteiger partial charge in [-0.15, -0.1) is 0 Å². The molecular formula is C31H26FNO4S. The maximum Gasteiger partial charge on any atom is 0.293 e. The zero-order chi connectivity index (χ0) is 26.6. The number of benzene rings is 4. The molecule has 0 bridgehead atoms. The van der Waals surface area contributed by atoms with Crippen LogP contribution in [0.15, 0.2) is 83.8 Å². The van der Waals surface area contributed by atoms with E-state index in [-0.39, 0.29) is 36.7 Å². The summed E-state index contributed by atoms with van der Waals surface area (Å²) < 4.78 is 26.1. The first-order valence-electron chi connectivity index (χ1n) is 12.2. The number of fused-ring (bicyclic) bond motifs is 1. The molecule has 192 valence electrons. The van der Waals surface area contributed by atoms with E-state index in [9.17, 15) is 14.0 Å². The zero-order valence-corrected chi connectivity index (χ0v) is 21.9. The molecule has 0 unspecified atom stereocenters. The van der Waals surface area contributed by atoms with Crippen molar-refractivity contribution in [2.45, 2.75) is 20.5 Å². The monoisotopic (exact) mass is 527 g/mol. The molecule has 0 atom stereocenters. The van der Waals surface area contributed by atoms with Crippen LogP contribution in [0.25, 0.3) is 16.8 Å². The minimum atomic E-state index is -0.377. The number of nitrogens with zero attached hydrogens (tertiary/aromatic N) is 1. The normalized spacial score (nSPS) is 14.5. The van der Waals surface area contributed by atoms with Crippen LogP contribution in [0.3, 0.4) is 0 Å². The Bertz CT molecular complexity index is 1570. The highest BCUT2D eigenvalue weighted by atomic mass is 32.2. The summed E-state index contributed by atoms with van der Waals surface area (Å²) in [5.74, 6) is 0.508. The number of ether oxygens (including phenoxy) is 2. The van der Waals surface area contributed by atoms with Crippen LogP contribution in [0.4, 0.5) is 9.18 Å². The second-order valence-electron chi connectivity index (χ2n) is 9.03. The van der Waals surface area contributed by atoms with Crippen LogP contribution in [0.5, 0.6) is 11.5 Å². The predicted molar refractivity (Wildman–Crippen MR) is 149 cm³/mol. The van der Waals surface area contributed by atoms with Gasteiger partial charge >= 0.3 is 0 Å². The van der Waals surface area contributed by atoms with E-state index >= 15 is 0 Å². The lowest BCUT2D eigenvalue weighted by Crippen LogP contribution is -2.32. The molecule has 7 heteroatoms. The van der Waals surface area contributed by atoms with Gasteiger partial charge in [0.05, 0.1) is 11.4 Å². The summed E-state index contributed by atoms with van der Waals surface area (Å²) in [5.41, 5.74) is 3.15. The summed E-state index contributed by atoms with van der Waals surface area (Å²) in [6.45, 7) is 4.30. The highest BCUT2D eigenvalue weighted by molar-refractivity contribution is 8.18. The Labute approximate surface area is 224 Å². The summed E-state index contributed by atoms with van der Waals surface area (Å²) in [6, 6.07) is 23.8. The first kappa shape index (κ1) is 25.5. The predicted octanol–water partition coefficient (Wildman–Crippen LogP) is 7.29. The van der Waals surface area contributed by atoms with Crippen molar-refractivity contribution in [2.24, 2.45) is 0 Å². The van der Waals surface area contributed by atoms with Crippen LogP contribution >= 0.6 is 11.8 Å². The van der Waals surface area contributed by atoms with Gasteiger partial charge in [0.1, 0.15) is 30.5 Å². The van der Waals surface area contributed by atoms with Crippen LogP contribution in [0.2, 0.25) is 0 Å². The number of halogens is 1. The summed E-state index contributed by atoms with van der Waals surface area (Å²) >= 11 is 0.890. The lowest BCUT2D eigenvalue weighted by atomic mass is 10.0. The molecular weight excluding hydrogens is 501 g/mol. The quantitative estimate of drug-likeness (QED) is 0.225. The number of imide groups is 1. The van der Waals surface area contributed by atoms with E-state index in [0.29, 0.717) is 21.8 Å². The average Bonchev–Trinajstić information content (AvgIpc) is 3.18. The van der Waals surface area contributed by atoms with E-state index in [1.165, 1.54) is 11.0 Å². The highest BCUT2D eigenvalue weighted by Gasteiger charge is 2.35. The molecule has 0 N–H and O–H groups in total. The third-order valence-corrected chi connectivity index (χ3v) is 7.24. The van der Waals surface area contributed by atoms with Crippen molar-refractivity contribution in [3.05, 3.63) is 112 Å². The minimum Gasteiger partial charge on any atom is -0.491 e. The lowest BCUT2D eigenvalue weighted by molar-refractivity contribution is -0.123. The smallest absolute Gasteiger partial charge is 0.293 e. The van der Waals surface area contributed by atoms with Crippen LogP contribution in [-0.2, 0) is 11.4 Å². The lowest BCUT2D eigenvalue weighted by Gasteiger charge is -2.15. The minimum absolute atomic E-state index is 0.0308. The standard InChI is InChI=1S/C31H26FNO4S/c1-20-11-12-21(2)28(17-20)36-16-15-33-30(34)29(38-31(33)35)18-25-24-9-5-3-7-22(24)13-14-27(25)37-19-23-8-4-6-10-26(23)32/h3-14,17-18H,15-16,19H2,1-2H3/b29-18-. The number of thioether (sulfide) groups is 1. The summed E-state index contributed by atoms with van der Waals surface area (Å²) in [6.07, 6.45) is 1.69. The highest BCUT2D eigenvalue weighted by Crippen LogP contribution is 2.37. The molecule has 2 amide bonds. The largest absolute Gasteiger partial charge is 0.491 e. The number of carbonyl (C=O) groups is 2. The number of aryl methyl sites for hydroxylation is 2. The molecule has 1 saturated heterocycles. The molecule has 5 nitrogen and oxygen atoms in total. The Morgan fingerprint density at radius 1 is 0.895 bits per heavy atom.